The van der Waals surface area contributed by atoms with E-state index >= 15 is 0 Å². The van der Waals surface area contributed by atoms with Crippen molar-refractivity contribution in [3.63, 3.8) is 0 Å². The van der Waals surface area contributed by atoms with Crippen LogP contribution in [0, 0.1) is 5.92 Å². The quantitative estimate of drug-likeness (QED) is 0.883. The number of rotatable bonds is 3. The van der Waals surface area contributed by atoms with Crippen LogP contribution in [0.3, 0.4) is 0 Å². The van der Waals surface area contributed by atoms with Crippen molar-refractivity contribution in [2.75, 3.05) is 18.0 Å². The van der Waals surface area contributed by atoms with Gasteiger partial charge in [-0.3, -0.25) is 4.79 Å². The minimum absolute atomic E-state index is 0.0305. The number of aliphatic hydroxyl groups is 1. The first kappa shape index (κ1) is 12.4. The fourth-order valence-electron chi connectivity index (χ4n) is 2.12. The number of aliphatic hydroxyl groups excluding tert-OH is 1. The third-order valence-electron chi connectivity index (χ3n) is 3.13. The molecule has 1 aromatic carbocycles. The first-order valence-corrected chi connectivity index (χ1v) is 6.34. The molecule has 0 saturated carbocycles. The molecule has 5 heteroatoms. The number of anilines is 1. The molecule has 1 heterocycles. The molecule has 1 aromatic rings. The van der Waals surface area contributed by atoms with Crippen LogP contribution in [0.25, 0.3) is 0 Å². The summed E-state index contributed by atoms with van der Waals surface area (Å²) in [6.45, 7) is 1.54. The van der Waals surface area contributed by atoms with E-state index in [9.17, 15) is 4.79 Å². The number of nitrogens with two attached hydrogens (primary N) is 1. The van der Waals surface area contributed by atoms with E-state index in [-0.39, 0.29) is 18.4 Å². The number of hydrogen-bond donors (Lipinski definition) is 2. The van der Waals surface area contributed by atoms with Gasteiger partial charge in [-0.1, -0.05) is 6.07 Å². The Kier molecular flexibility index (Phi) is 3.69. The van der Waals surface area contributed by atoms with E-state index in [2.05, 4.69) is 20.8 Å². The van der Waals surface area contributed by atoms with Crippen LogP contribution in [-0.2, 0) is 11.4 Å². The highest BCUT2D eigenvalue weighted by molar-refractivity contribution is 9.10. The van der Waals surface area contributed by atoms with Crippen molar-refractivity contribution >= 4 is 27.5 Å². The van der Waals surface area contributed by atoms with Gasteiger partial charge in [0.2, 0.25) is 5.91 Å². The lowest BCUT2D eigenvalue weighted by Crippen LogP contribution is -2.27. The van der Waals surface area contributed by atoms with E-state index in [1.165, 1.54) is 0 Å². The SMILES string of the molecule is NC(=O)C1CCN(c2ccc(CO)cc2Br)C1. The predicted molar refractivity (Wildman–Crippen MR) is 69.6 cm³/mol. The summed E-state index contributed by atoms with van der Waals surface area (Å²) in [5.41, 5.74) is 7.23. The number of benzene rings is 1. The highest BCUT2D eigenvalue weighted by Gasteiger charge is 2.27. The molecule has 2 rings (SSSR count). The molecule has 1 fully saturated rings. The lowest BCUT2D eigenvalue weighted by atomic mass is 10.1. The van der Waals surface area contributed by atoms with E-state index in [1.54, 1.807) is 0 Å². The zero-order chi connectivity index (χ0) is 12.4. The monoisotopic (exact) mass is 298 g/mol. The molecular formula is C12H15BrN2O2. The number of amides is 1. The van der Waals surface area contributed by atoms with Crippen LogP contribution in [-0.4, -0.2) is 24.1 Å². The smallest absolute Gasteiger partial charge is 0.222 e. The van der Waals surface area contributed by atoms with Crippen LogP contribution >= 0.6 is 15.9 Å². The lowest BCUT2D eigenvalue weighted by molar-refractivity contribution is -0.121. The summed E-state index contributed by atoms with van der Waals surface area (Å²) < 4.78 is 0.939. The maximum atomic E-state index is 11.1. The highest BCUT2D eigenvalue weighted by atomic mass is 79.9. The molecule has 0 aromatic heterocycles. The Morgan fingerprint density at radius 3 is 2.88 bits per heavy atom. The molecule has 3 N–H and O–H groups in total. The summed E-state index contributed by atoms with van der Waals surface area (Å²) in [5, 5.41) is 9.04. The van der Waals surface area contributed by atoms with E-state index < -0.39 is 0 Å². The second kappa shape index (κ2) is 5.06. The molecule has 1 amide bonds. The van der Waals surface area contributed by atoms with Crippen molar-refractivity contribution in [3.8, 4) is 0 Å². The molecule has 0 bridgehead atoms. The molecule has 1 unspecified atom stereocenters. The molecule has 92 valence electrons. The normalized spacial score (nSPS) is 19.6. The number of carbonyl (C=O) groups is 1. The Morgan fingerprint density at radius 2 is 2.35 bits per heavy atom. The second-order valence-electron chi connectivity index (χ2n) is 4.28. The Hall–Kier alpha value is -1.07. The summed E-state index contributed by atoms with van der Waals surface area (Å²) in [4.78, 5) is 13.3. The van der Waals surface area contributed by atoms with Crippen LogP contribution in [0.5, 0.6) is 0 Å². The Bertz CT molecular complexity index is 437. The van der Waals surface area contributed by atoms with Gasteiger partial charge in [-0.05, 0) is 40.0 Å². The molecule has 1 aliphatic heterocycles. The highest BCUT2D eigenvalue weighted by Crippen LogP contribution is 2.31. The minimum atomic E-state index is -0.226. The third-order valence-corrected chi connectivity index (χ3v) is 3.76. The number of nitrogens with zero attached hydrogens (tertiary/aromatic N) is 1. The van der Waals surface area contributed by atoms with Crippen LogP contribution in [0.4, 0.5) is 5.69 Å². The topological polar surface area (TPSA) is 66.6 Å². The van der Waals surface area contributed by atoms with Crippen molar-refractivity contribution in [3.05, 3.63) is 28.2 Å². The van der Waals surface area contributed by atoms with Gasteiger partial charge in [0.1, 0.15) is 0 Å². The minimum Gasteiger partial charge on any atom is -0.392 e. The molecular weight excluding hydrogens is 284 g/mol. The Morgan fingerprint density at radius 1 is 1.59 bits per heavy atom. The third kappa shape index (κ3) is 2.61. The first-order chi connectivity index (χ1) is 8.11. The maximum absolute atomic E-state index is 11.1. The summed E-state index contributed by atoms with van der Waals surface area (Å²) in [6, 6.07) is 5.74. The summed E-state index contributed by atoms with van der Waals surface area (Å²) in [7, 11) is 0. The van der Waals surface area contributed by atoms with Gasteiger partial charge in [-0.15, -0.1) is 0 Å². The van der Waals surface area contributed by atoms with Crippen molar-refractivity contribution in [1.29, 1.82) is 0 Å². The van der Waals surface area contributed by atoms with E-state index in [1.807, 2.05) is 18.2 Å². The molecule has 0 aliphatic carbocycles. The molecule has 0 radical (unpaired) electrons. The van der Waals surface area contributed by atoms with Gasteiger partial charge >= 0.3 is 0 Å². The summed E-state index contributed by atoms with van der Waals surface area (Å²) in [5.74, 6) is -0.282. The number of carbonyl (C=O) groups excluding carboxylic acids is 1. The number of primary amides is 1. The number of halogens is 1. The van der Waals surface area contributed by atoms with Gasteiger partial charge in [-0.2, -0.15) is 0 Å². The van der Waals surface area contributed by atoms with Crippen LogP contribution in [0.1, 0.15) is 12.0 Å². The van der Waals surface area contributed by atoms with E-state index in [4.69, 9.17) is 10.8 Å². The van der Waals surface area contributed by atoms with E-state index in [0.717, 1.165) is 28.7 Å². The molecule has 17 heavy (non-hydrogen) atoms. The molecule has 0 spiro atoms. The fraction of sp³-hybridized carbons (Fsp3) is 0.417. The molecule has 4 nitrogen and oxygen atoms in total. The largest absolute Gasteiger partial charge is 0.392 e. The van der Waals surface area contributed by atoms with Crippen LogP contribution < -0.4 is 10.6 Å². The lowest BCUT2D eigenvalue weighted by Gasteiger charge is -2.20. The zero-order valence-electron chi connectivity index (χ0n) is 9.40. The Balaban J connectivity index is 2.16. The first-order valence-electron chi connectivity index (χ1n) is 5.55. The molecule has 1 atom stereocenters. The molecule has 1 saturated heterocycles. The number of hydrogen-bond acceptors (Lipinski definition) is 3. The predicted octanol–water partition coefficient (Wildman–Crippen LogP) is 1.25. The summed E-state index contributed by atoms with van der Waals surface area (Å²) >= 11 is 3.49. The van der Waals surface area contributed by atoms with Crippen molar-refractivity contribution in [1.82, 2.24) is 0 Å². The summed E-state index contributed by atoms with van der Waals surface area (Å²) in [6.07, 6.45) is 0.809. The maximum Gasteiger partial charge on any atom is 0.222 e. The van der Waals surface area contributed by atoms with Gasteiger partial charge in [0.05, 0.1) is 18.2 Å². The van der Waals surface area contributed by atoms with Gasteiger partial charge < -0.3 is 15.7 Å². The zero-order valence-corrected chi connectivity index (χ0v) is 11.0. The van der Waals surface area contributed by atoms with E-state index in [0.29, 0.717) is 6.54 Å². The van der Waals surface area contributed by atoms with Crippen molar-refractivity contribution < 1.29 is 9.90 Å². The Labute approximate surface area is 109 Å². The average Bonchev–Trinajstić information content (AvgIpc) is 2.78. The van der Waals surface area contributed by atoms with Crippen LogP contribution in [0.2, 0.25) is 0 Å². The van der Waals surface area contributed by atoms with Gasteiger partial charge in [0, 0.05) is 17.6 Å². The van der Waals surface area contributed by atoms with Gasteiger partial charge in [0.15, 0.2) is 0 Å². The fourth-order valence-corrected chi connectivity index (χ4v) is 2.79. The van der Waals surface area contributed by atoms with Crippen molar-refractivity contribution in [2.24, 2.45) is 11.7 Å². The molecule has 1 aliphatic rings. The standard InChI is InChI=1S/C12H15BrN2O2/c13-10-5-8(7-16)1-2-11(10)15-4-3-9(6-15)12(14)17/h1-2,5,9,16H,3-4,6-7H2,(H2,14,17). The van der Waals surface area contributed by atoms with Crippen LogP contribution in [0.15, 0.2) is 22.7 Å². The van der Waals surface area contributed by atoms with Crippen molar-refractivity contribution in [2.45, 2.75) is 13.0 Å². The second-order valence-corrected chi connectivity index (χ2v) is 5.13. The van der Waals surface area contributed by atoms with Gasteiger partial charge in [-0.25, -0.2) is 0 Å². The van der Waals surface area contributed by atoms with Gasteiger partial charge in [0.25, 0.3) is 0 Å². The average molecular weight is 299 g/mol.